The van der Waals surface area contributed by atoms with E-state index in [4.69, 9.17) is 10.1 Å². The zero-order chi connectivity index (χ0) is 8.43. The van der Waals surface area contributed by atoms with Crippen molar-refractivity contribution >= 4 is 17.8 Å². The van der Waals surface area contributed by atoms with Crippen LogP contribution in [-0.4, -0.2) is 30.5 Å². The Kier molecular flexibility index (Phi) is 2.14. The quantitative estimate of drug-likeness (QED) is 0.453. The van der Waals surface area contributed by atoms with Gasteiger partial charge in [0.15, 0.2) is 5.78 Å². The van der Waals surface area contributed by atoms with Crippen molar-refractivity contribution in [1.82, 2.24) is 0 Å². The van der Waals surface area contributed by atoms with Crippen LogP contribution < -0.4 is 0 Å². The predicted octanol–water partition coefficient (Wildman–Crippen LogP) is -0.191. The summed E-state index contributed by atoms with van der Waals surface area (Å²) in [4.78, 5) is 21.0. The molecule has 1 N–H and O–H groups in total. The Bertz CT molecular complexity index is 212. The van der Waals surface area contributed by atoms with E-state index in [2.05, 4.69) is 0 Å². The summed E-state index contributed by atoms with van der Waals surface area (Å²) in [7, 11) is 0. The van der Waals surface area contributed by atoms with Gasteiger partial charge in [0, 0.05) is 6.61 Å². The molecule has 0 aromatic heterocycles. The number of carbonyl (C=O) groups excluding carboxylic acids is 2. The third-order valence-corrected chi connectivity index (χ3v) is 1.67. The highest BCUT2D eigenvalue weighted by atomic mass is 16.5. The molecule has 11 heavy (non-hydrogen) atoms. The van der Waals surface area contributed by atoms with Gasteiger partial charge in [0.25, 0.3) is 0 Å². The molecule has 60 valence electrons. The fourth-order valence-electron chi connectivity index (χ4n) is 1.04. The molecule has 1 aliphatic rings. The monoisotopic (exact) mass is 155 g/mol. The van der Waals surface area contributed by atoms with Gasteiger partial charge < -0.3 is 9.53 Å². The minimum absolute atomic E-state index is 0.0797. The predicted molar refractivity (Wildman–Crippen MR) is 37.7 cm³/mol. The Morgan fingerprint density at radius 2 is 2.36 bits per heavy atom. The molecule has 1 saturated carbocycles. The van der Waals surface area contributed by atoms with Crippen LogP contribution in [0, 0.1) is 11.3 Å². The van der Waals surface area contributed by atoms with E-state index in [1.807, 2.05) is 0 Å². The van der Waals surface area contributed by atoms with E-state index in [1.165, 1.54) is 0 Å². The van der Waals surface area contributed by atoms with E-state index >= 15 is 0 Å². The Morgan fingerprint density at radius 3 is 2.82 bits per heavy atom. The number of rotatable bonds is 3. The lowest BCUT2D eigenvalue weighted by Crippen LogP contribution is -2.54. The van der Waals surface area contributed by atoms with E-state index in [0.29, 0.717) is 12.9 Å². The van der Waals surface area contributed by atoms with Crippen molar-refractivity contribution in [3.63, 3.8) is 0 Å². The fourth-order valence-corrected chi connectivity index (χ4v) is 1.04. The lowest BCUT2D eigenvalue weighted by molar-refractivity contribution is -0.132. The van der Waals surface area contributed by atoms with Crippen LogP contribution in [0.5, 0.6) is 0 Å². The van der Waals surface area contributed by atoms with E-state index in [9.17, 15) is 9.59 Å². The summed E-state index contributed by atoms with van der Waals surface area (Å²) < 4.78 is 4.99. The summed E-state index contributed by atoms with van der Waals surface area (Å²) in [5.41, 5.74) is -0.0797. The van der Waals surface area contributed by atoms with Crippen molar-refractivity contribution in [2.24, 2.45) is 5.92 Å². The molecule has 0 bridgehead atoms. The number of ether oxygens (including phenoxy) is 1. The molecule has 0 aromatic rings. The molecule has 1 aliphatic carbocycles. The molecule has 4 heteroatoms. The van der Waals surface area contributed by atoms with Crippen LogP contribution in [0.3, 0.4) is 0 Å². The summed E-state index contributed by atoms with van der Waals surface area (Å²) in [6, 6.07) is 0. The first-order valence-electron chi connectivity index (χ1n) is 3.42. The van der Waals surface area contributed by atoms with E-state index < -0.39 is 17.8 Å². The molecule has 0 amide bonds. The maximum absolute atomic E-state index is 10.7. The number of hydrogen-bond acceptors (Lipinski definition) is 4. The van der Waals surface area contributed by atoms with Gasteiger partial charge in [-0.05, 0) is 6.92 Å². The summed E-state index contributed by atoms with van der Waals surface area (Å²) in [5, 5.41) is 7.10. The van der Waals surface area contributed by atoms with Gasteiger partial charge in [-0.1, -0.05) is 0 Å². The minimum Gasteiger partial charge on any atom is -0.371 e. The molecule has 1 fully saturated rings. The summed E-state index contributed by atoms with van der Waals surface area (Å²) in [5.74, 6) is -1.12. The molecular formula is C7H9NO3. The second kappa shape index (κ2) is 2.92. The lowest BCUT2D eigenvalue weighted by atomic mass is 9.79. The van der Waals surface area contributed by atoms with Crippen molar-refractivity contribution < 1.29 is 14.3 Å². The first kappa shape index (κ1) is 8.07. The summed E-state index contributed by atoms with van der Waals surface area (Å²) in [6.45, 7) is 2.18. The molecule has 1 rings (SSSR count). The number of carbonyl (C=O) groups is 2. The highest BCUT2D eigenvalue weighted by Gasteiger charge is 2.46. The van der Waals surface area contributed by atoms with E-state index in [-0.39, 0.29) is 5.71 Å². The van der Waals surface area contributed by atoms with Gasteiger partial charge in [-0.15, -0.1) is 0 Å². The van der Waals surface area contributed by atoms with E-state index in [1.54, 1.807) is 6.92 Å². The molecule has 0 saturated heterocycles. The molecule has 0 aromatic carbocycles. The Balaban J connectivity index is 2.60. The fraction of sp³-hybridized carbons (Fsp3) is 0.571. The molecule has 4 nitrogen and oxygen atoms in total. The maximum atomic E-state index is 10.7. The van der Waals surface area contributed by atoms with Crippen LogP contribution in [0.1, 0.15) is 6.92 Å². The molecule has 2 unspecified atom stereocenters. The van der Waals surface area contributed by atoms with Crippen molar-refractivity contribution in [2.45, 2.75) is 13.0 Å². The van der Waals surface area contributed by atoms with Gasteiger partial charge in [0.05, 0.1) is 0 Å². The molecule has 2 atom stereocenters. The normalized spacial score (nSPS) is 29.9. The smallest absolute Gasteiger partial charge is 0.192 e. The van der Waals surface area contributed by atoms with Crippen LogP contribution in [0.15, 0.2) is 0 Å². The van der Waals surface area contributed by atoms with Gasteiger partial charge in [0.2, 0.25) is 0 Å². The van der Waals surface area contributed by atoms with Gasteiger partial charge in [-0.25, -0.2) is 0 Å². The average Bonchev–Trinajstić information content (AvgIpc) is 2.04. The standard InChI is InChI=1S/C7H9NO3/c1-2-11-7-4(3-9)6(10)5(7)8/h3-4,7-8H,2H2,1H3. The summed E-state index contributed by atoms with van der Waals surface area (Å²) in [6.07, 6.45) is -0.0363. The van der Waals surface area contributed by atoms with E-state index in [0.717, 1.165) is 0 Å². The van der Waals surface area contributed by atoms with Gasteiger partial charge in [0.1, 0.15) is 24.0 Å². The number of ketones is 1. The Labute approximate surface area is 64.0 Å². The van der Waals surface area contributed by atoms with Crippen LogP contribution in [0.25, 0.3) is 0 Å². The van der Waals surface area contributed by atoms with Crippen molar-refractivity contribution in [2.75, 3.05) is 6.61 Å². The van der Waals surface area contributed by atoms with Crippen LogP contribution in [0.4, 0.5) is 0 Å². The Hall–Kier alpha value is -1.03. The molecule has 0 spiro atoms. The highest BCUT2D eigenvalue weighted by molar-refractivity contribution is 6.51. The van der Waals surface area contributed by atoms with Crippen molar-refractivity contribution in [3.8, 4) is 0 Å². The second-order valence-corrected chi connectivity index (χ2v) is 2.32. The third-order valence-electron chi connectivity index (χ3n) is 1.67. The Morgan fingerprint density at radius 1 is 1.73 bits per heavy atom. The first-order valence-corrected chi connectivity index (χ1v) is 3.42. The minimum atomic E-state index is -0.720. The van der Waals surface area contributed by atoms with Gasteiger partial charge in [-0.2, -0.15) is 0 Å². The molecule has 0 heterocycles. The molecular weight excluding hydrogens is 146 g/mol. The summed E-state index contributed by atoms with van der Waals surface area (Å²) >= 11 is 0. The molecule has 0 radical (unpaired) electrons. The van der Waals surface area contributed by atoms with Crippen molar-refractivity contribution in [1.29, 1.82) is 5.41 Å². The number of hydrogen-bond donors (Lipinski definition) is 1. The van der Waals surface area contributed by atoms with Crippen LogP contribution >= 0.6 is 0 Å². The zero-order valence-corrected chi connectivity index (χ0v) is 6.16. The van der Waals surface area contributed by atoms with Gasteiger partial charge >= 0.3 is 0 Å². The number of aldehydes is 1. The SMILES string of the molecule is CCOC1C(=N)C(=O)C1C=O. The molecule has 0 aliphatic heterocycles. The largest absolute Gasteiger partial charge is 0.371 e. The van der Waals surface area contributed by atoms with Crippen LogP contribution in [0.2, 0.25) is 0 Å². The van der Waals surface area contributed by atoms with Crippen molar-refractivity contribution in [3.05, 3.63) is 0 Å². The zero-order valence-electron chi connectivity index (χ0n) is 6.16. The van der Waals surface area contributed by atoms with Crippen LogP contribution in [-0.2, 0) is 14.3 Å². The van der Waals surface area contributed by atoms with Gasteiger partial charge in [-0.3, -0.25) is 10.2 Å². The lowest BCUT2D eigenvalue weighted by Gasteiger charge is -2.30. The second-order valence-electron chi connectivity index (χ2n) is 2.32. The number of nitrogens with one attached hydrogen (secondary N) is 1. The highest BCUT2D eigenvalue weighted by Crippen LogP contribution is 2.21. The first-order chi connectivity index (χ1) is 5.22. The third kappa shape index (κ3) is 1.09. The topological polar surface area (TPSA) is 67.2 Å². The number of Topliss-reactive ketones (excluding diaryl/α,β-unsaturated/α-hetero) is 1. The maximum Gasteiger partial charge on any atom is 0.192 e. The average molecular weight is 155 g/mol.